The molecule has 2 heterocycles. The Hall–Kier alpha value is -4.79. The van der Waals surface area contributed by atoms with Gasteiger partial charge in [0.15, 0.2) is 5.78 Å². The Morgan fingerprint density at radius 3 is 2.18 bits per heavy atom. The lowest BCUT2D eigenvalue weighted by Crippen LogP contribution is -2.46. The minimum atomic E-state index is -1.18. The van der Waals surface area contributed by atoms with Crippen molar-refractivity contribution in [3.8, 4) is 11.6 Å². The van der Waals surface area contributed by atoms with Crippen LogP contribution in [0.25, 0.3) is 11.8 Å². The number of aromatic amines is 1. The van der Waals surface area contributed by atoms with Gasteiger partial charge < -0.3 is 5.11 Å². The molecule has 9 heteroatoms. The number of amides is 2. The fourth-order valence-electron chi connectivity index (χ4n) is 3.49. The van der Waals surface area contributed by atoms with E-state index < -0.39 is 40.6 Å². The number of allylic oxidation sites excluding steroid dienone is 2. The van der Waals surface area contributed by atoms with Crippen LogP contribution in [-0.4, -0.2) is 32.3 Å². The molecule has 2 amide bonds. The number of piperidine rings is 1. The van der Waals surface area contributed by atoms with Crippen molar-refractivity contribution in [2.24, 2.45) is 0 Å². The number of imide groups is 1. The zero-order valence-electron chi connectivity index (χ0n) is 17.0. The molecule has 1 fully saturated rings. The molecule has 4 rings (SSSR count). The van der Waals surface area contributed by atoms with E-state index in [0.717, 1.165) is 16.7 Å². The molecule has 2 aromatic carbocycles. The Balaban J connectivity index is 1.71. The molecule has 0 radical (unpaired) electrons. The maximum atomic E-state index is 12.9. The lowest BCUT2D eigenvalue weighted by atomic mass is 9.86. The van der Waals surface area contributed by atoms with E-state index in [0.29, 0.717) is 11.3 Å². The summed E-state index contributed by atoms with van der Waals surface area (Å²) >= 11 is 0. The van der Waals surface area contributed by atoms with Crippen LogP contribution < -0.4 is 16.6 Å². The number of hydrogen-bond donors (Lipinski definition) is 3. The minimum absolute atomic E-state index is 0.255. The highest BCUT2D eigenvalue weighted by Crippen LogP contribution is 2.25. The second kappa shape index (κ2) is 8.75. The second-order valence-electron chi connectivity index (χ2n) is 7.13. The lowest BCUT2D eigenvalue weighted by molar-refractivity contribution is -0.136. The molecule has 1 aromatic heterocycles. The third-order valence-corrected chi connectivity index (χ3v) is 5.07. The van der Waals surface area contributed by atoms with Crippen LogP contribution in [-0.2, 0) is 14.4 Å². The summed E-state index contributed by atoms with van der Waals surface area (Å²) in [5.41, 5.74) is -1.45. The second-order valence-corrected chi connectivity index (χ2v) is 7.13. The van der Waals surface area contributed by atoms with Crippen LogP contribution in [0.5, 0.6) is 5.88 Å². The van der Waals surface area contributed by atoms with Crippen molar-refractivity contribution >= 4 is 23.7 Å². The summed E-state index contributed by atoms with van der Waals surface area (Å²) in [6.07, 6.45) is 3.53. The first-order chi connectivity index (χ1) is 15.9. The Labute approximate surface area is 186 Å². The fourth-order valence-corrected chi connectivity index (χ4v) is 3.49. The molecule has 1 unspecified atom stereocenters. The number of carbonyl (C=O) groups excluding carboxylic acids is 3. The number of rotatable bonds is 4. The number of nitrogens with zero attached hydrogens (tertiary/aromatic N) is 1. The zero-order valence-corrected chi connectivity index (χ0v) is 17.0. The van der Waals surface area contributed by atoms with Crippen LogP contribution in [0.1, 0.15) is 17.0 Å². The van der Waals surface area contributed by atoms with Crippen LogP contribution in [0.3, 0.4) is 0 Å². The van der Waals surface area contributed by atoms with Gasteiger partial charge in [-0.25, -0.2) is 9.36 Å². The number of aromatic hydroxyl groups is 1. The molecular formula is C24H17N3O6. The number of benzene rings is 2. The largest absolute Gasteiger partial charge is 0.494 e. The Morgan fingerprint density at radius 2 is 1.52 bits per heavy atom. The molecule has 1 saturated heterocycles. The first kappa shape index (κ1) is 21.4. The van der Waals surface area contributed by atoms with Crippen molar-refractivity contribution in [1.29, 1.82) is 0 Å². The number of carbonyl (C=O) groups is 3. The molecule has 3 N–H and O–H groups in total. The van der Waals surface area contributed by atoms with Crippen molar-refractivity contribution in [3.63, 3.8) is 0 Å². The number of hydrogen-bond acceptors (Lipinski definition) is 6. The number of Topliss-reactive ketones (excluding diaryl/α,β-unsaturated/α-hetero) is 1. The van der Waals surface area contributed by atoms with E-state index in [9.17, 15) is 29.1 Å². The maximum absolute atomic E-state index is 12.9. The lowest BCUT2D eigenvalue weighted by Gasteiger charge is -2.21. The summed E-state index contributed by atoms with van der Waals surface area (Å²) < 4.78 is 0.913. The van der Waals surface area contributed by atoms with Crippen molar-refractivity contribution in [2.45, 2.75) is 5.92 Å². The fraction of sp³-hybridized carbons (Fsp3) is 0.0417. The molecule has 3 aromatic rings. The molecule has 33 heavy (non-hydrogen) atoms. The first-order valence-corrected chi connectivity index (χ1v) is 9.85. The van der Waals surface area contributed by atoms with Gasteiger partial charge in [-0.3, -0.25) is 29.5 Å². The van der Waals surface area contributed by atoms with E-state index in [1.807, 2.05) is 0 Å². The third-order valence-electron chi connectivity index (χ3n) is 5.07. The standard InChI is InChI=1S/C24H17N3O6/c28-19-16(20(29)25-22(31)18(19)14-8-3-1-4-9-14)12-7-13-17-21(30)26-24(33)27(23(17)32)15-10-5-2-6-11-15/h1-13,18,32H,(H,25,29,31)(H,26,30,33). The summed E-state index contributed by atoms with van der Waals surface area (Å²) in [5, 5.41) is 12.7. The van der Waals surface area contributed by atoms with Crippen molar-refractivity contribution in [2.75, 3.05) is 0 Å². The molecule has 1 atom stereocenters. The minimum Gasteiger partial charge on any atom is -0.494 e. The summed E-state index contributed by atoms with van der Waals surface area (Å²) in [5.74, 6) is -4.07. The van der Waals surface area contributed by atoms with Gasteiger partial charge >= 0.3 is 5.69 Å². The van der Waals surface area contributed by atoms with Gasteiger partial charge in [0.1, 0.15) is 11.5 Å². The quantitative estimate of drug-likeness (QED) is 0.240. The van der Waals surface area contributed by atoms with Gasteiger partial charge in [0, 0.05) is 0 Å². The summed E-state index contributed by atoms with van der Waals surface area (Å²) in [4.78, 5) is 63.9. The maximum Gasteiger partial charge on any atom is 0.335 e. The van der Waals surface area contributed by atoms with Crippen LogP contribution in [0.15, 0.2) is 88.0 Å². The number of para-hydroxylation sites is 1. The number of nitrogens with one attached hydrogen (secondary N) is 2. The Morgan fingerprint density at radius 1 is 0.879 bits per heavy atom. The van der Waals surface area contributed by atoms with Gasteiger partial charge in [-0.1, -0.05) is 54.6 Å². The summed E-state index contributed by atoms with van der Waals surface area (Å²) in [6.45, 7) is 0. The highest BCUT2D eigenvalue weighted by Gasteiger charge is 2.39. The van der Waals surface area contributed by atoms with Crippen LogP contribution in [0, 0.1) is 0 Å². The van der Waals surface area contributed by atoms with Gasteiger partial charge in [-0.2, -0.15) is 0 Å². The van der Waals surface area contributed by atoms with Gasteiger partial charge in [0.05, 0.1) is 11.3 Å². The van der Waals surface area contributed by atoms with Gasteiger partial charge in [-0.05, 0) is 29.8 Å². The van der Waals surface area contributed by atoms with Crippen molar-refractivity contribution in [1.82, 2.24) is 14.9 Å². The zero-order chi connectivity index (χ0) is 23.5. The van der Waals surface area contributed by atoms with E-state index in [-0.39, 0.29) is 11.1 Å². The smallest absolute Gasteiger partial charge is 0.335 e. The monoisotopic (exact) mass is 443 g/mol. The van der Waals surface area contributed by atoms with E-state index in [2.05, 4.69) is 10.3 Å². The molecule has 9 nitrogen and oxygen atoms in total. The molecule has 0 saturated carbocycles. The predicted molar refractivity (Wildman–Crippen MR) is 119 cm³/mol. The molecule has 164 valence electrons. The Bertz CT molecular complexity index is 1430. The summed E-state index contributed by atoms with van der Waals surface area (Å²) in [6, 6.07) is 16.5. The van der Waals surface area contributed by atoms with Gasteiger partial charge in [0.2, 0.25) is 11.8 Å². The molecule has 0 bridgehead atoms. The predicted octanol–water partition coefficient (Wildman–Crippen LogP) is 1.18. The first-order valence-electron chi connectivity index (χ1n) is 9.85. The van der Waals surface area contributed by atoms with Crippen LogP contribution in [0.2, 0.25) is 0 Å². The normalized spacial score (nSPS) is 17.5. The molecule has 0 spiro atoms. The highest BCUT2D eigenvalue weighted by molar-refractivity contribution is 6.34. The van der Waals surface area contributed by atoms with E-state index in [4.69, 9.17) is 0 Å². The van der Waals surface area contributed by atoms with Crippen molar-refractivity contribution < 1.29 is 19.5 Å². The molecular weight excluding hydrogens is 426 g/mol. The van der Waals surface area contributed by atoms with E-state index in [1.54, 1.807) is 60.7 Å². The van der Waals surface area contributed by atoms with E-state index in [1.165, 1.54) is 6.08 Å². The average Bonchev–Trinajstić information content (AvgIpc) is 2.79. The number of ketones is 1. The Kier molecular flexibility index (Phi) is 5.69. The van der Waals surface area contributed by atoms with Gasteiger partial charge in [-0.15, -0.1) is 0 Å². The van der Waals surface area contributed by atoms with Gasteiger partial charge in [0.25, 0.3) is 11.5 Å². The third kappa shape index (κ3) is 4.07. The van der Waals surface area contributed by atoms with Crippen molar-refractivity contribution in [3.05, 3.63) is 110 Å². The SMILES string of the molecule is O=C1NC(=O)C(c2ccccc2)C(=O)C1=CC=Cc1c(O)n(-c2ccccc2)c(=O)[nH]c1=O. The summed E-state index contributed by atoms with van der Waals surface area (Å²) in [7, 11) is 0. The molecule has 1 aliphatic heterocycles. The average molecular weight is 443 g/mol. The molecule has 1 aliphatic rings. The van der Waals surface area contributed by atoms with Crippen LogP contribution in [0.4, 0.5) is 0 Å². The molecule has 0 aliphatic carbocycles. The highest BCUT2D eigenvalue weighted by atomic mass is 16.3. The number of aromatic nitrogens is 2. The van der Waals surface area contributed by atoms with Crippen LogP contribution >= 0.6 is 0 Å². The number of H-pyrrole nitrogens is 1. The van der Waals surface area contributed by atoms with E-state index >= 15 is 0 Å². The topological polar surface area (TPSA) is 138 Å².